The molecule has 0 aromatic heterocycles. The third kappa shape index (κ3) is 5.00. The largest absolute Gasteiger partial charge is 0.465 e. The molecule has 2 unspecified atom stereocenters. The van der Waals surface area contributed by atoms with Crippen molar-refractivity contribution in [3.8, 4) is 11.5 Å². The number of anilines is 1. The number of unbranched alkanes of at least 4 members (excludes halogenated alkanes) is 1. The van der Waals surface area contributed by atoms with Crippen LogP contribution in [0, 0.1) is 5.41 Å². The number of carbonyl (C=O) groups is 2. The lowest BCUT2D eigenvalue weighted by Gasteiger charge is -2.45. The van der Waals surface area contributed by atoms with Crippen LogP contribution in [0.5, 0.6) is 11.5 Å². The lowest BCUT2D eigenvalue weighted by Crippen LogP contribution is -2.61. The van der Waals surface area contributed by atoms with E-state index in [2.05, 4.69) is 52.9 Å². The van der Waals surface area contributed by atoms with Crippen molar-refractivity contribution in [2.75, 3.05) is 18.6 Å². The zero-order chi connectivity index (χ0) is 29.6. The molecule has 2 atom stereocenters. The van der Waals surface area contributed by atoms with Gasteiger partial charge >= 0.3 is 11.9 Å². The quantitative estimate of drug-likeness (QED) is 0.112. The van der Waals surface area contributed by atoms with E-state index in [1.807, 2.05) is 50.5 Å². The Kier molecular flexibility index (Phi) is 7.66. The summed E-state index contributed by atoms with van der Waals surface area (Å²) in [6.45, 7) is 10.3. The van der Waals surface area contributed by atoms with Crippen LogP contribution >= 0.6 is 15.9 Å². The van der Waals surface area contributed by atoms with Crippen molar-refractivity contribution in [3.05, 3.63) is 60.2 Å². The number of ether oxygens (including phenoxy) is 3. The highest BCUT2D eigenvalue weighted by Crippen LogP contribution is 2.54. The second-order valence-electron chi connectivity index (χ2n) is 12.0. The third-order valence-electron chi connectivity index (χ3n) is 8.34. The molecule has 2 heterocycles. The van der Waals surface area contributed by atoms with Gasteiger partial charge in [0, 0.05) is 18.1 Å². The van der Waals surface area contributed by atoms with Gasteiger partial charge in [-0.3, -0.25) is 14.6 Å². The van der Waals surface area contributed by atoms with Crippen molar-refractivity contribution < 1.29 is 23.8 Å². The van der Waals surface area contributed by atoms with Crippen LogP contribution in [0.15, 0.2) is 59.6 Å². The van der Waals surface area contributed by atoms with E-state index in [0.717, 1.165) is 29.3 Å². The second kappa shape index (κ2) is 10.8. The number of fused-ring (bicyclic) bond motifs is 4. The lowest BCUT2D eigenvalue weighted by atomic mass is 9.77. The van der Waals surface area contributed by atoms with Crippen molar-refractivity contribution in [2.24, 2.45) is 10.4 Å². The van der Waals surface area contributed by atoms with E-state index >= 15 is 0 Å². The van der Waals surface area contributed by atoms with Crippen molar-refractivity contribution >= 4 is 56.2 Å². The monoisotopic (exact) mass is 620 g/mol. The van der Waals surface area contributed by atoms with Crippen LogP contribution in [0.1, 0.15) is 59.4 Å². The fraction of sp³-hybridized carbons (Fsp3) is 0.424. The van der Waals surface area contributed by atoms with Gasteiger partial charge in [-0.15, -0.1) is 0 Å². The average molecular weight is 622 g/mol. The Balaban J connectivity index is 1.38. The molecule has 3 aromatic rings. The topological polar surface area (TPSA) is 77.4 Å². The van der Waals surface area contributed by atoms with Crippen LogP contribution < -0.4 is 14.4 Å². The van der Waals surface area contributed by atoms with Gasteiger partial charge in [0.1, 0.15) is 22.0 Å². The Labute approximate surface area is 250 Å². The molecule has 0 bridgehead atoms. The zero-order valence-corrected chi connectivity index (χ0v) is 26.1. The summed E-state index contributed by atoms with van der Waals surface area (Å²) in [7, 11) is 2.04. The molecule has 41 heavy (non-hydrogen) atoms. The molecular formula is C33H37BrN2O5. The van der Waals surface area contributed by atoms with Crippen molar-refractivity contribution in [1.82, 2.24) is 0 Å². The van der Waals surface area contributed by atoms with Gasteiger partial charge in [-0.05, 0) is 75.8 Å². The van der Waals surface area contributed by atoms with Crippen LogP contribution in [0.4, 0.5) is 11.4 Å². The summed E-state index contributed by atoms with van der Waals surface area (Å²) in [6.07, 6.45) is 3.88. The summed E-state index contributed by atoms with van der Waals surface area (Å²) in [5, 5.41) is 1.78. The Morgan fingerprint density at radius 3 is 2.59 bits per heavy atom. The minimum atomic E-state index is -0.926. The molecule has 8 heteroatoms. The average Bonchev–Trinajstić information content (AvgIpc) is 3.10. The maximum absolute atomic E-state index is 13.2. The van der Waals surface area contributed by atoms with Crippen LogP contribution in [-0.2, 0) is 19.7 Å². The maximum atomic E-state index is 13.2. The first-order valence-corrected chi connectivity index (χ1v) is 15.0. The normalized spacial score (nSPS) is 19.4. The smallest absolute Gasteiger partial charge is 0.319 e. The summed E-state index contributed by atoms with van der Waals surface area (Å²) < 4.78 is 17.9. The van der Waals surface area contributed by atoms with Crippen LogP contribution in [0.2, 0.25) is 0 Å². The second-order valence-corrected chi connectivity index (χ2v) is 13.1. The Morgan fingerprint density at radius 1 is 1.12 bits per heavy atom. The van der Waals surface area contributed by atoms with E-state index in [0.29, 0.717) is 23.8 Å². The van der Waals surface area contributed by atoms with E-state index in [9.17, 15) is 9.59 Å². The van der Waals surface area contributed by atoms with E-state index in [1.165, 1.54) is 5.56 Å². The van der Waals surface area contributed by atoms with Gasteiger partial charge in [0.05, 0.1) is 23.7 Å². The molecular weight excluding hydrogens is 584 g/mol. The lowest BCUT2D eigenvalue weighted by molar-refractivity contribution is -0.147. The molecule has 0 radical (unpaired) electrons. The predicted octanol–water partition coefficient (Wildman–Crippen LogP) is 7.49. The summed E-state index contributed by atoms with van der Waals surface area (Å²) in [6, 6.07) is 17.8. The summed E-state index contributed by atoms with van der Waals surface area (Å²) in [5.74, 6) is 0.270. The van der Waals surface area contributed by atoms with E-state index in [4.69, 9.17) is 19.2 Å². The number of esters is 2. The van der Waals surface area contributed by atoms with Gasteiger partial charge in [0.15, 0.2) is 0 Å². The molecule has 0 amide bonds. The van der Waals surface area contributed by atoms with Crippen LogP contribution in [-0.4, -0.2) is 42.4 Å². The minimum Gasteiger partial charge on any atom is -0.465 e. The van der Waals surface area contributed by atoms with Gasteiger partial charge in [-0.2, -0.15) is 0 Å². The van der Waals surface area contributed by atoms with Crippen molar-refractivity contribution in [1.29, 1.82) is 0 Å². The molecule has 0 N–H and O–H groups in total. The molecule has 2 aliphatic rings. The third-order valence-corrected chi connectivity index (χ3v) is 9.04. The molecule has 3 aromatic carbocycles. The molecule has 5 rings (SSSR count). The maximum Gasteiger partial charge on any atom is 0.319 e. The molecule has 2 aliphatic heterocycles. The SMILES string of the molecule is CCCCOC(=O)C(Br)CC(C)(C)C(=O)Oc1ccc2ccc3c(c2c1)N=CC1(O3)N(C)c2ccccc2C1(C)C. The number of halogens is 1. The minimum absolute atomic E-state index is 0.242. The van der Waals surface area contributed by atoms with Crippen LogP contribution in [0.25, 0.3) is 10.8 Å². The van der Waals surface area contributed by atoms with Gasteiger partial charge in [-0.25, -0.2) is 0 Å². The number of hydrogen-bond donors (Lipinski definition) is 0. The molecule has 0 saturated heterocycles. The fourth-order valence-electron chi connectivity index (χ4n) is 5.69. The number of benzene rings is 3. The van der Waals surface area contributed by atoms with Gasteiger partial charge in [-0.1, -0.05) is 59.6 Å². The highest BCUT2D eigenvalue weighted by molar-refractivity contribution is 9.10. The molecule has 216 valence electrons. The Hall–Kier alpha value is -3.39. The number of aliphatic imine (C=N–C) groups is 1. The number of likely N-dealkylation sites (N-methyl/N-ethyl adjacent to an activating group) is 1. The van der Waals surface area contributed by atoms with Gasteiger partial charge in [0.2, 0.25) is 5.72 Å². The Morgan fingerprint density at radius 2 is 1.85 bits per heavy atom. The number of rotatable bonds is 8. The number of carbonyl (C=O) groups excluding carboxylic acids is 2. The standard InChI is InChI=1S/C33H37BrN2O5/c1-7-8-17-39-29(37)25(34)19-31(2,3)30(38)40-22-15-13-21-14-16-27-28(23(21)18-22)35-20-33(41-27)32(4,5)24-11-9-10-12-26(24)36(33)6/h9-16,18,20,25H,7-8,17,19H2,1-6H3. The molecule has 1 spiro atoms. The predicted molar refractivity (Wildman–Crippen MR) is 166 cm³/mol. The van der Waals surface area contributed by atoms with Crippen LogP contribution in [0.3, 0.4) is 0 Å². The summed E-state index contributed by atoms with van der Waals surface area (Å²) in [5.41, 5.74) is 0.952. The first-order valence-electron chi connectivity index (χ1n) is 14.1. The number of alkyl halides is 1. The highest BCUT2D eigenvalue weighted by atomic mass is 79.9. The van der Waals surface area contributed by atoms with E-state index < -0.39 is 21.9 Å². The summed E-state index contributed by atoms with van der Waals surface area (Å²) in [4.78, 5) is 32.0. The first-order chi connectivity index (χ1) is 19.4. The fourth-order valence-corrected chi connectivity index (χ4v) is 6.63. The van der Waals surface area contributed by atoms with E-state index in [1.54, 1.807) is 19.9 Å². The zero-order valence-electron chi connectivity index (χ0n) is 24.5. The van der Waals surface area contributed by atoms with Gasteiger partial charge in [0.25, 0.3) is 0 Å². The Bertz CT molecular complexity index is 1530. The van der Waals surface area contributed by atoms with E-state index in [-0.39, 0.29) is 17.8 Å². The highest BCUT2D eigenvalue weighted by Gasteiger charge is 2.58. The molecule has 0 fully saturated rings. The van der Waals surface area contributed by atoms with Crippen molar-refractivity contribution in [2.45, 2.75) is 69.8 Å². The molecule has 0 saturated carbocycles. The van der Waals surface area contributed by atoms with Gasteiger partial charge < -0.3 is 19.1 Å². The number of nitrogens with zero attached hydrogens (tertiary/aromatic N) is 2. The number of hydrogen-bond acceptors (Lipinski definition) is 7. The first kappa shape index (κ1) is 29.1. The number of para-hydroxylation sites is 1. The molecule has 7 nitrogen and oxygen atoms in total. The molecule has 0 aliphatic carbocycles. The van der Waals surface area contributed by atoms with Crippen molar-refractivity contribution in [3.63, 3.8) is 0 Å². The summed E-state index contributed by atoms with van der Waals surface area (Å²) >= 11 is 3.39.